The second-order valence-corrected chi connectivity index (χ2v) is 4.75. The predicted molar refractivity (Wildman–Crippen MR) is 83.7 cm³/mol. The SMILES string of the molecule is COc1ccc([N+](=O)[O-])cc1OCc1nnc(-c2ccccc2)o1. The van der Waals surface area contributed by atoms with Crippen LogP contribution in [0.15, 0.2) is 52.9 Å². The number of rotatable bonds is 6. The van der Waals surface area contributed by atoms with E-state index in [1.165, 1.54) is 25.3 Å². The van der Waals surface area contributed by atoms with E-state index in [0.29, 0.717) is 11.6 Å². The quantitative estimate of drug-likeness (QED) is 0.506. The van der Waals surface area contributed by atoms with E-state index < -0.39 is 4.92 Å². The van der Waals surface area contributed by atoms with Gasteiger partial charge in [0.25, 0.3) is 11.6 Å². The molecule has 0 atom stereocenters. The van der Waals surface area contributed by atoms with Gasteiger partial charge in [-0.15, -0.1) is 10.2 Å². The van der Waals surface area contributed by atoms with Gasteiger partial charge < -0.3 is 13.9 Å². The maximum Gasteiger partial charge on any atom is 0.273 e. The highest BCUT2D eigenvalue weighted by atomic mass is 16.6. The summed E-state index contributed by atoms with van der Waals surface area (Å²) in [5, 5.41) is 18.7. The lowest BCUT2D eigenvalue weighted by Crippen LogP contribution is -1.99. The van der Waals surface area contributed by atoms with Crippen LogP contribution in [-0.4, -0.2) is 22.2 Å². The normalized spacial score (nSPS) is 10.4. The van der Waals surface area contributed by atoms with Gasteiger partial charge in [0.2, 0.25) is 5.89 Å². The number of benzene rings is 2. The van der Waals surface area contributed by atoms with Crippen LogP contribution in [0.5, 0.6) is 11.5 Å². The Hall–Kier alpha value is -3.42. The summed E-state index contributed by atoms with van der Waals surface area (Å²) in [5.74, 6) is 1.23. The number of nitro groups is 1. The van der Waals surface area contributed by atoms with Gasteiger partial charge in [-0.25, -0.2) is 0 Å². The monoisotopic (exact) mass is 327 g/mol. The average molecular weight is 327 g/mol. The number of hydrogen-bond acceptors (Lipinski definition) is 7. The zero-order valence-corrected chi connectivity index (χ0v) is 12.7. The molecule has 0 N–H and O–H groups in total. The van der Waals surface area contributed by atoms with Crippen molar-refractivity contribution in [2.75, 3.05) is 7.11 Å². The van der Waals surface area contributed by atoms with Crippen molar-refractivity contribution in [3.05, 3.63) is 64.5 Å². The smallest absolute Gasteiger partial charge is 0.273 e. The summed E-state index contributed by atoms with van der Waals surface area (Å²) in [4.78, 5) is 10.3. The summed E-state index contributed by atoms with van der Waals surface area (Å²) in [7, 11) is 1.45. The summed E-state index contributed by atoms with van der Waals surface area (Å²) in [6.07, 6.45) is 0. The molecule has 0 aliphatic heterocycles. The highest BCUT2D eigenvalue weighted by molar-refractivity contribution is 5.51. The van der Waals surface area contributed by atoms with Crippen molar-refractivity contribution in [2.24, 2.45) is 0 Å². The van der Waals surface area contributed by atoms with Gasteiger partial charge in [0.15, 0.2) is 18.1 Å². The zero-order chi connectivity index (χ0) is 16.9. The van der Waals surface area contributed by atoms with Gasteiger partial charge in [0.05, 0.1) is 18.1 Å². The molecule has 0 unspecified atom stereocenters. The van der Waals surface area contributed by atoms with Crippen LogP contribution in [0.4, 0.5) is 5.69 Å². The third kappa shape index (κ3) is 3.32. The lowest BCUT2D eigenvalue weighted by atomic mass is 10.2. The summed E-state index contributed by atoms with van der Waals surface area (Å²) in [5.41, 5.74) is 0.700. The summed E-state index contributed by atoms with van der Waals surface area (Å²) >= 11 is 0. The van der Waals surface area contributed by atoms with E-state index in [4.69, 9.17) is 13.9 Å². The van der Waals surface area contributed by atoms with Crippen molar-refractivity contribution in [2.45, 2.75) is 6.61 Å². The number of nitrogens with zero attached hydrogens (tertiary/aromatic N) is 3. The van der Waals surface area contributed by atoms with E-state index in [9.17, 15) is 10.1 Å². The standard InChI is InChI=1S/C16H13N3O5/c1-22-13-8-7-12(19(20)21)9-14(13)23-10-15-17-18-16(24-15)11-5-3-2-4-6-11/h2-9H,10H2,1H3. The molecule has 8 heteroatoms. The van der Waals surface area contributed by atoms with Gasteiger partial charge >= 0.3 is 0 Å². The Morgan fingerprint density at radius 2 is 1.92 bits per heavy atom. The van der Waals surface area contributed by atoms with E-state index in [1.54, 1.807) is 0 Å². The molecular weight excluding hydrogens is 314 g/mol. The summed E-state index contributed by atoms with van der Waals surface area (Å²) < 4.78 is 16.2. The molecule has 1 aromatic heterocycles. The Morgan fingerprint density at radius 1 is 1.12 bits per heavy atom. The Bertz CT molecular complexity index is 848. The molecule has 0 radical (unpaired) electrons. The maximum absolute atomic E-state index is 10.9. The highest BCUT2D eigenvalue weighted by Gasteiger charge is 2.14. The lowest BCUT2D eigenvalue weighted by molar-refractivity contribution is -0.385. The zero-order valence-electron chi connectivity index (χ0n) is 12.7. The van der Waals surface area contributed by atoms with Gasteiger partial charge in [0, 0.05) is 11.6 Å². The fraction of sp³-hybridized carbons (Fsp3) is 0.125. The molecular formula is C16H13N3O5. The molecule has 122 valence electrons. The van der Waals surface area contributed by atoms with E-state index in [2.05, 4.69) is 10.2 Å². The number of ether oxygens (including phenoxy) is 2. The third-order valence-electron chi connectivity index (χ3n) is 3.20. The first-order valence-corrected chi connectivity index (χ1v) is 7.00. The fourth-order valence-corrected chi connectivity index (χ4v) is 2.04. The van der Waals surface area contributed by atoms with E-state index in [1.807, 2.05) is 30.3 Å². The van der Waals surface area contributed by atoms with Crippen molar-refractivity contribution in [1.82, 2.24) is 10.2 Å². The molecule has 0 aliphatic carbocycles. The number of non-ortho nitro benzene ring substituents is 1. The molecule has 3 aromatic rings. The van der Waals surface area contributed by atoms with Gasteiger partial charge in [0.1, 0.15) is 0 Å². The number of aromatic nitrogens is 2. The Morgan fingerprint density at radius 3 is 2.62 bits per heavy atom. The Balaban J connectivity index is 1.75. The Labute approximate surface area is 136 Å². The molecule has 1 heterocycles. The first-order chi connectivity index (χ1) is 11.7. The van der Waals surface area contributed by atoms with E-state index in [-0.39, 0.29) is 23.9 Å². The van der Waals surface area contributed by atoms with Crippen molar-refractivity contribution < 1.29 is 18.8 Å². The second kappa shape index (κ2) is 6.78. The molecule has 0 bridgehead atoms. The number of nitro benzene ring substituents is 1. The molecule has 24 heavy (non-hydrogen) atoms. The van der Waals surface area contributed by atoms with Crippen LogP contribution >= 0.6 is 0 Å². The summed E-state index contributed by atoms with van der Waals surface area (Å²) in [6, 6.07) is 13.4. The van der Waals surface area contributed by atoms with Gasteiger partial charge in [-0.1, -0.05) is 18.2 Å². The van der Waals surface area contributed by atoms with Crippen molar-refractivity contribution in [3.8, 4) is 23.0 Å². The minimum absolute atomic E-state index is 0.0304. The first kappa shape index (κ1) is 15.5. The Kier molecular flexibility index (Phi) is 4.37. The van der Waals surface area contributed by atoms with Crippen molar-refractivity contribution in [3.63, 3.8) is 0 Å². The van der Waals surface area contributed by atoms with Crippen LogP contribution in [0.25, 0.3) is 11.5 Å². The lowest BCUT2D eigenvalue weighted by Gasteiger charge is -2.08. The van der Waals surface area contributed by atoms with Gasteiger partial charge in [-0.05, 0) is 18.2 Å². The molecule has 8 nitrogen and oxygen atoms in total. The molecule has 0 saturated heterocycles. The minimum Gasteiger partial charge on any atom is -0.493 e. The minimum atomic E-state index is -0.507. The molecule has 0 spiro atoms. The largest absolute Gasteiger partial charge is 0.493 e. The fourth-order valence-electron chi connectivity index (χ4n) is 2.04. The van der Waals surface area contributed by atoms with E-state index >= 15 is 0 Å². The number of hydrogen-bond donors (Lipinski definition) is 0. The maximum atomic E-state index is 10.9. The van der Waals surface area contributed by atoms with Gasteiger partial charge in [-0.3, -0.25) is 10.1 Å². The molecule has 0 amide bonds. The topological polar surface area (TPSA) is 101 Å². The van der Waals surface area contributed by atoms with Crippen LogP contribution in [0.2, 0.25) is 0 Å². The second-order valence-electron chi connectivity index (χ2n) is 4.75. The van der Waals surface area contributed by atoms with Gasteiger partial charge in [-0.2, -0.15) is 0 Å². The van der Waals surface area contributed by atoms with Crippen molar-refractivity contribution in [1.29, 1.82) is 0 Å². The number of methoxy groups -OCH3 is 1. The molecule has 2 aromatic carbocycles. The molecule has 0 aliphatic rings. The molecule has 0 fully saturated rings. The van der Waals surface area contributed by atoms with Crippen LogP contribution in [-0.2, 0) is 6.61 Å². The van der Waals surface area contributed by atoms with E-state index in [0.717, 1.165) is 5.56 Å². The van der Waals surface area contributed by atoms with Crippen molar-refractivity contribution >= 4 is 5.69 Å². The molecule has 3 rings (SSSR count). The third-order valence-corrected chi connectivity index (χ3v) is 3.20. The summed E-state index contributed by atoms with van der Waals surface area (Å²) in [6.45, 7) is -0.0304. The predicted octanol–water partition coefficient (Wildman–Crippen LogP) is 3.23. The van der Waals surface area contributed by atoms with Crippen LogP contribution in [0.3, 0.4) is 0 Å². The highest BCUT2D eigenvalue weighted by Crippen LogP contribution is 2.31. The van der Waals surface area contributed by atoms with Crippen LogP contribution in [0, 0.1) is 10.1 Å². The first-order valence-electron chi connectivity index (χ1n) is 7.00. The van der Waals surface area contributed by atoms with Crippen LogP contribution in [0.1, 0.15) is 5.89 Å². The average Bonchev–Trinajstić information content (AvgIpc) is 3.09. The molecule has 0 saturated carbocycles. The van der Waals surface area contributed by atoms with Crippen LogP contribution < -0.4 is 9.47 Å².